The van der Waals surface area contributed by atoms with Gasteiger partial charge in [-0.1, -0.05) is 49.1 Å². The van der Waals surface area contributed by atoms with Gasteiger partial charge in [0.25, 0.3) is 0 Å². The van der Waals surface area contributed by atoms with Crippen molar-refractivity contribution in [2.45, 2.75) is 6.54 Å². The lowest BCUT2D eigenvalue weighted by atomic mass is 10.2. The van der Waals surface area contributed by atoms with Crippen LogP contribution in [0.4, 0.5) is 5.69 Å². The lowest BCUT2D eigenvalue weighted by molar-refractivity contribution is -0.130. The first-order valence-corrected chi connectivity index (χ1v) is 10.5. The van der Waals surface area contributed by atoms with Crippen molar-refractivity contribution in [1.82, 2.24) is 15.5 Å². The predicted octanol–water partition coefficient (Wildman–Crippen LogP) is 2.88. The van der Waals surface area contributed by atoms with Gasteiger partial charge in [-0.05, 0) is 18.2 Å². The van der Waals surface area contributed by atoms with Gasteiger partial charge in [0, 0.05) is 51.0 Å². The number of amides is 1. The standard InChI is InChI=1S/C24H31N5O2.HI/c1-3-17-31-22-12-8-7-9-20(22)18-26-24(25-2)27-19-23(30)29-15-13-28(14-16-29)21-10-5-4-6-11-21;/h3-12H,1,13-19H2,2H3,(H2,25,26,27);1H. The molecule has 0 radical (unpaired) electrons. The SMILES string of the molecule is C=CCOc1ccccc1CNC(=NC)NCC(=O)N1CCN(c2ccccc2)CC1.I. The molecule has 172 valence electrons. The second-order valence-corrected chi connectivity index (χ2v) is 7.19. The number of ether oxygens (including phenoxy) is 1. The number of guanidine groups is 1. The number of nitrogens with one attached hydrogen (secondary N) is 2. The van der Waals surface area contributed by atoms with Crippen molar-refractivity contribution in [2.24, 2.45) is 4.99 Å². The molecule has 1 fully saturated rings. The van der Waals surface area contributed by atoms with Crippen LogP contribution >= 0.6 is 24.0 Å². The minimum Gasteiger partial charge on any atom is -0.489 e. The number of rotatable bonds is 8. The summed E-state index contributed by atoms with van der Waals surface area (Å²) in [6.45, 7) is 7.99. The summed E-state index contributed by atoms with van der Waals surface area (Å²) in [4.78, 5) is 21.1. The molecule has 1 amide bonds. The van der Waals surface area contributed by atoms with Gasteiger partial charge in [0.1, 0.15) is 12.4 Å². The predicted molar refractivity (Wildman–Crippen MR) is 141 cm³/mol. The number of carbonyl (C=O) groups excluding carboxylic acids is 1. The molecule has 0 unspecified atom stereocenters. The summed E-state index contributed by atoms with van der Waals surface area (Å²) in [5.41, 5.74) is 2.21. The van der Waals surface area contributed by atoms with E-state index in [0.717, 1.165) is 37.5 Å². The van der Waals surface area contributed by atoms with E-state index in [1.165, 1.54) is 5.69 Å². The monoisotopic (exact) mass is 549 g/mol. The van der Waals surface area contributed by atoms with E-state index >= 15 is 0 Å². The molecule has 0 bridgehead atoms. The number of anilines is 1. The first-order valence-electron chi connectivity index (χ1n) is 10.5. The summed E-state index contributed by atoms with van der Waals surface area (Å²) in [6.07, 6.45) is 1.72. The Morgan fingerprint density at radius 2 is 1.75 bits per heavy atom. The normalized spacial score (nSPS) is 13.7. The van der Waals surface area contributed by atoms with Crippen molar-refractivity contribution in [3.05, 3.63) is 72.8 Å². The molecule has 32 heavy (non-hydrogen) atoms. The van der Waals surface area contributed by atoms with Crippen LogP contribution in [0.1, 0.15) is 5.56 Å². The summed E-state index contributed by atoms with van der Waals surface area (Å²) >= 11 is 0. The highest BCUT2D eigenvalue weighted by molar-refractivity contribution is 14.0. The topological polar surface area (TPSA) is 69.2 Å². The van der Waals surface area contributed by atoms with Gasteiger partial charge >= 0.3 is 0 Å². The Bertz CT molecular complexity index is 883. The van der Waals surface area contributed by atoms with Gasteiger partial charge in [0.2, 0.25) is 5.91 Å². The molecular formula is C24H32IN5O2. The molecule has 8 heteroatoms. The first-order chi connectivity index (χ1) is 15.2. The largest absolute Gasteiger partial charge is 0.489 e. The highest BCUT2D eigenvalue weighted by Crippen LogP contribution is 2.18. The summed E-state index contributed by atoms with van der Waals surface area (Å²) in [5.74, 6) is 1.46. The van der Waals surface area contributed by atoms with Crippen LogP contribution in [0.3, 0.4) is 0 Å². The number of hydrogen-bond donors (Lipinski definition) is 2. The molecule has 2 aromatic rings. The zero-order valence-corrected chi connectivity index (χ0v) is 20.8. The highest BCUT2D eigenvalue weighted by Gasteiger charge is 2.21. The summed E-state index contributed by atoms with van der Waals surface area (Å²) in [7, 11) is 1.69. The molecule has 1 aliphatic heterocycles. The minimum absolute atomic E-state index is 0. The van der Waals surface area contributed by atoms with Crippen molar-refractivity contribution in [1.29, 1.82) is 0 Å². The van der Waals surface area contributed by atoms with Crippen molar-refractivity contribution in [3.63, 3.8) is 0 Å². The van der Waals surface area contributed by atoms with Gasteiger partial charge in [0.15, 0.2) is 5.96 Å². The van der Waals surface area contributed by atoms with Gasteiger partial charge in [-0.25, -0.2) is 0 Å². The smallest absolute Gasteiger partial charge is 0.242 e. The van der Waals surface area contributed by atoms with Crippen molar-refractivity contribution >= 4 is 41.5 Å². The van der Waals surface area contributed by atoms with E-state index in [1.807, 2.05) is 47.4 Å². The van der Waals surface area contributed by atoms with Crippen LogP contribution < -0.4 is 20.3 Å². The Morgan fingerprint density at radius 3 is 2.44 bits per heavy atom. The van der Waals surface area contributed by atoms with Gasteiger partial charge in [-0.2, -0.15) is 0 Å². The number of aliphatic imine (C=N–C) groups is 1. The lowest BCUT2D eigenvalue weighted by Gasteiger charge is -2.36. The Kier molecular flexibility index (Phi) is 10.9. The molecule has 3 rings (SSSR count). The van der Waals surface area contributed by atoms with Crippen LogP contribution in [0.25, 0.3) is 0 Å². The van der Waals surface area contributed by atoms with Crippen LogP contribution in [-0.2, 0) is 11.3 Å². The number of carbonyl (C=O) groups is 1. The van der Waals surface area contributed by atoms with Crippen LogP contribution in [0, 0.1) is 0 Å². The number of hydrogen-bond acceptors (Lipinski definition) is 4. The van der Waals surface area contributed by atoms with Gasteiger partial charge in [-0.15, -0.1) is 24.0 Å². The molecule has 7 nitrogen and oxygen atoms in total. The quantitative estimate of drug-likeness (QED) is 0.230. The Morgan fingerprint density at radius 1 is 1.06 bits per heavy atom. The zero-order valence-electron chi connectivity index (χ0n) is 18.5. The molecule has 2 aromatic carbocycles. The molecule has 1 aliphatic rings. The van der Waals surface area contributed by atoms with E-state index in [0.29, 0.717) is 19.1 Å². The van der Waals surface area contributed by atoms with E-state index in [4.69, 9.17) is 4.74 Å². The van der Waals surface area contributed by atoms with Crippen molar-refractivity contribution in [3.8, 4) is 5.75 Å². The Balaban J connectivity index is 0.00000363. The molecular weight excluding hydrogens is 517 g/mol. The van der Waals surface area contributed by atoms with Crippen LogP contribution in [0.15, 0.2) is 72.2 Å². The third-order valence-corrected chi connectivity index (χ3v) is 5.16. The van der Waals surface area contributed by atoms with Crippen molar-refractivity contribution < 1.29 is 9.53 Å². The number of halogens is 1. The average molecular weight is 549 g/mol. The Labute approximate surface area is 207 Å². The number of piperazine rings is 1. The van der Waals surface area contributed by atoms with Crippen LogP contribution in [0.2, 0.25) is 0 Å². The summed E-state index contributed by atoms with van der Waals surface area (Å²) in [6, 6.07) is 18.1. The number of nitrogens with zero attached hydrogens (tertiary/aromatic N) is 3. The van der Waals surface area contributed by atoms with Gasteiger partial charge in [-0.3, -0.25) is 9.79 Å². The van der Waals surface area contributed by atoms with E-state index in [2.05, 4.69) is 39.2 Å². The third-order valence-electron chi connectivity index (χ3n) is 5.16. The van der Waals surface area contributed by atoms with Gasteiger partial charge < -0.3 is 25.2 Å². The van der Waals surface area contributed by atoms with E-state index < -0.39 is 0 Å². The number of para-hydroxylation sites is 2. The van der Waals surface area contributed by atoms with E-state index in [1.54, 1.807) is 13.1 Å². The average Bonchev–Trinajstić information content (AvgIpc) is 2.84. The fourth-order valence-corrected chi connectivity index (χ4v) is 3.46. The summed E-state index contributed by atoms with van der Waals surface area (Å²) in [5, 5.41) is 6.36. The highest BCUT2D eigenvalue weighted by atomic mass is 127. The summed E-state index contributed by atoms with van der Waals surface area (Å²) < 4.78 is 5.69. The van der Waals surface area contributed by atoms with Crippen molar-refractivity contribution in [2.75, 3.05) is 51.3 Å². The fourth-order valence-electron chi connectivity index (χ4n) is 3.46. The first kappa shape index (κ1) is 25.5. The molecule has 0 spiro atoms. The number of benzene rings is 2. The molecule has 0 aliphatic carbocycles. The molecule has 1 heterocycles. The lowest BCUT2D eigenvalue weighted by Crippen LogP contribution is -2.52. The molecule has 2 N–H and O–H groups in total. The minimum atomic E-state index is 0. The second kappa shape index (κ2) is 13.6. The zero-order chi connectivity index (χ0) is 21.9. The fraction of sp³-hybridized carbons (Fsp3) is 0.333. The van der Waals surface area contributed by atoms with E-state index in [9.17, 15) is 4.79 Å². The van der Waals surface area contributed by atoms with Crippen LogP contribution in [-0.4, -0.2) is 63.1 Å². The van der Waals surface area contributed by atoms with Crippen LogP contribution in [0.5, 0.6) is 5.75 Å². The molecule has 0 aromatic heterocycles. The van der Waals surface area contributed by atoms with Gasteiger partial charge in [0.05, 0.1) is 6.54 Å². The maximum Gasteiger partial charge on any atom is 0.242 e. The maximum atomic E-state index is 12.6. The maximum absolute atomic E-state index is 12.6. The molecule has 1 saturated heterocycles. The molecule has 0 saturated carbocycles. The Hall–Kier alpha value is -2.75. The third kappa shape index (κ3) is 7.44. The molecule has 0 atom stereocenters. The van der Waals surface area contributed by atoms with E-state index in [-0.39, 0.29) is 36.4 Å². The second-order valence-electron chi connectivity index (χ2n) is 7.19.